The average molecular weight is 469 g/mol. The fraction of sp³-hybridized carbons (Fsp3) is 0.385. The maximum Gasteiger partial charge on any atom is 0.331 e. The lowest BCUT2D eigenvalue weighted by Gasteiger charge is -2.18. The highest BCUT2D eigenvalue weighted by atomic mass is 16.6. The molecule has 8 nitrogen and oxygen atoms in total. The Hall–Kier alpha value is -3.68. The number of aliphatic carboxylic acids is 1. The molecule has 0 atom stereocenters. The molecule has 184 valence electrons. The molecule has 0 saturated heterocycles. The largest absolute Gasteiger partial charge is 0.478 e. The monoisotopic (exact) mass is 468 g/mol. The van der Waals surface area contributed by atoms with Crippen LogP contribution in [0.2, 0.25) is 0 Å². The molecular weight excluding hydrogens is 432 g/mol. The number of hydrogen-bond acceptors (Lipinski definition) is 7. The zero-order chi connectivity index (χ0) is 26.1. The Morgan fingerprint density at radius 1 is 0.882 bits per heavy atom. The van der Waals surface area contributed by atoms with Crippen molar-refractivity contribution >= 4 is 35.5 Å². The van der Waals surface area contributed by atoms with Crippen molar-refractivity contribution in [1.29, 1.82) is 0 Å². The third kappa shape index (κ3) is 9.44. The number of ether oxygens (including phenoxy) is 1. The summed E-state index contributed by atoms with van der Waals surface area (Å²) in [5.74, 6) is -0.898. The lowest BCUT2D eigenvalue weighted by molar-refractivity contribution is -0.148. The van der Waals surface area contributed by atoms with Crippen molar-refractivity contribution in [2.24, 2.45) is 0 Å². The molecule has 0 unspecified atom stereocenters. The molecule has 0 aliphatic carbocycles. The molecule has 0 bridgehead atoms. The van der Waals surface area contributed by atoms with Gasteiger partial charge in [0.2, 0.25) is 0 Å². The first-order valence-corrected chi connectivity index (χ1v) is 11.0. The zero-order valence-corrected chi connectivity index (χ0v) is 21.0. The summed E-state index contributed by atoms with van der Waals surface area (Å²) in [7, 11) is 0. The number of esters is 1. The third-order valence-electron chi connectivity index (χ3n) is 4.41. The van der Waals surface area contributed by atoms with E-state index in [4.69, 9.17) is 21.3 Å². The van der Waals surface area contributed by atoms with Crippen LogP contribution in [0.4, 0.5) is 11.4 Å². The summed E-state index contributed by atoms with van der Waals surface area (Å²) in [6, 6.07) is 3.47. The van der Waals surface area contributed by atoms with Gasteiger partial charge in [0.15, 0.2) is 0 Å². The Morgan fingerprint density at radius 3 is 1.65 bits per heavy atom. The molecule has 0 saturated carbocycles. The highest BCUT2D eigenvalue weighted by molar-refractivity contribution is 5.88. The number of nitrogens with two attached hydrogens (primary N) is 2. The number of hydrogen-bond donors (Lipinski definition) is 3. The highest BCUT2D eigenvalue weighted by Gasteiger charge is 2.14. The van der Waals surface area contributed by atoms with Crippen molar-refractivity contribution in [1.82, 2.24) is 9.97 Å². The first-order chi connectivity index (χ1) is 15.7. The molecule has 2 rings (SSSR count). The molecule has 0 aliphatic heterocycles. The normalized spacial score (nSPS) is 11.7. The predicted octanol–water partition coefficient (Wildman–Crippen LogP) is 5.03. The number of carbonyl (C=O) groups excluding carboxylic acids is 1. The second-order valence-corrected chi connectivity index (χ2v) is 9.25. The van der Waals surface area contributed by atoms with Crippen LogP contribution in [0.25, 0.3) is 12.2 Å². The van der Waals surface area contributed by atoms with Crippen molar-refractivity contribution in [2.45, 2.75) is 65.9 Å². The van der Waals surface area contributed by atoms with Gasteiger partial charge in [-0.2, -0.15) is 0 Å². The van der Waals surface area contributed by atoms with E-state index in [0.29, 0.717) is 16.9 Å². The van der Waals surface area contributed by atoms with Crippen LogP contribution in [-0.2, 0) is 14.3 Å². The van der Waals surface area contributed by atoms with E-state index in [-0.39, 0.29) is 17.8 Å². The molecule has 0 radical (unpaired) electrons. The minimum absolute atomic E-state index is 0.225. The van der Waals surface area contributed by atoms with E-state index in [2.05, 4.69) is 9.97 Å². The molecule has 5 N–H and O–H groups in total. The number of nitrogen functional groups attached to an aromatic ring is 2. The van der Waals surface area contributed by atoms with Gasteiger partial charge in [0.1, 0.15) is 5.60 Å². The summed E-state index contributed by atoms with van der Waals surface area (Å²) in [6.07, 6.45) is 8.92. The first kappa shape index (κ1) is 28.4. The molecule has 0 spiro atoms. The molecule has 2 heterocycles. The van der Waals surface area contributed by atoms with Crippen LogP contribution in [0.5, 0.6) is 0 Å². The van der Waals surface area contributed by atoms with Gasteiger partial charge in [-0.1, -0.05) is 27.7 Å². The van der Waals surface area contributed by atoms with E-state index in [1.165, 1.54) is 12.2 Å². The molecular formula is C26H36N4O4. The second kappa shape index (κ2) is 12.5. The predicted molar refractivity (Wildman–Crippen MR) is 137 cm³/mol. The van der Waals surface area contributed by atoms with Gasteiger partial charge in [0, 0.05) is 35.7 Å². The zero-order valence-electron chi connectivity index (χ0n) is 21.0. The van der Waals surface area contributed by atoms with Crippen LogP contribution in [0.3, 0.4) is 0 Å². The summed E-state index contributed by atoms with van der Waals surface area (Å²) in [5.41, 5.74) is 15.7. The molecule has 0 aliphatic rings. The van der Waals surface area contributed by atoms with Crippen LogP contribution in [0, 0.1) is 0 Å². The van der Waals surface area contributed by atoms with E-state index >= 15 is 0 Å². The summed E-state index contributed by atoms with van der Waals surface area (Å²) in [6.45, 7) is 13.5. The lowest BCUT2D eigenvalue weighted by Crippen LogP contribution is -2.22. The smallest absolute Gasteiger partial charge is 0.331 e. The maximum absolute atomic E-state index is 11.6. The fourth-order valence-corrected chi connectivity index (χ4v) is 2.88. The van der Waals surface area contributed by atoms with Crippen LogP contribution >= 0.6 is 0 Å². The summed E-state index contributed by atoms with van der Waals surface area (Å²) >= 11 is 0. The van der Waals surface area contributed by atoms with Crippen LogP contribution in [0.15, 0.2) is 36.7 Å². The maximum atomic E-state index is 11.6. The number of carboxylic acids is 1. The van der Waals surface area contributed by atoms with E-state index in [1.807, 2.05) is 48.5 Å². The van der Waals surface area contributed by atoms with Crippen LogP contribution < -0.4 is 11.5 Å². The Labute approximate surface area is 201 Å². The standard InChI is InChI=1S/C15H22N2O2.C11H14N2O2/c1-10(2)14-13(16)11(8-9-17-14)6-7-12(18)19-15(3,4)5;1-7(2)11-10(12)8(5-6-13-11)3-4-9(14)15/h6-10H,16H2,1-5H3;3-7H,12H2,1-2H3,(H,14,15)/b7-6+;4-3+. The van der Waals surface area contributed by atoms with Gasteiger partial charge in [0.05, 0.1) is 22.8 Å². The molecule has 2 aromatic rings. The number of rotatable bonds is 6. The Balaban J connectivity index is 0.000000350. The van der Waals surface area contributed by atoms with E-state index in [9.17, 15) is 9.59 Å². The molecule has 2 aromatic heterocycles. The molecule has 0 amide bonds. The number of nitrogens with zero attached hydrogens (tertiary/aromatic N) is 2. The SMILES string of the molecule is CC(C)c1nccc(/C=C/C(=O)O)c1N.CC(C)c1nccc(/C=C/C(=O)OC(C)(C)C)c1N. The van der Waals surface area contributed by atoms with Gasteiger partial charge in [-0.25, -0.2) is 9.59 Å². The lowest BCUT2D eigenvalue weighted by atomic mass is 10.0. The quantitative estimate of drug-likeness (QED) is 0.396. The van der Waals surface area contributed by atoms with Crippen molar-refractivity contribution in [2.75, 3.05) is 11.5 Å². The Kier molecular flexibility index (Phi) is 10.4. The minimum atomic E-state index is -0.989. The van der Waals surface area contributed by atoms with Crippen LogP contribution in [-0.4, -0.2) is 32.6 Å². The number of aromatic nitrogens is 2. The van der Waals surface area contributed by atoms with E-state index in [1.54, 1.807) is 30.6 Å². The summed E-state index contributed by atoms with van der Waals surface area (Å²) in [4.78, 5) is 30.4. The van der Waals surface area contributed by atoms with Crippen molar-refractivity contribution in [3.63, 3.8) is 0 Å². The van der Waals surface area contributed by atoms with Crippen molar-refractivity contribution in [3.8, 4) is 0 Å². The number of pyridine rings is 2. The number of anilines is 2. The molecule has 34 heavy (non-hydrogen) atoms. The minimum Gasteiger partial charge on any atom is -0.478 e. The van der Waals surface area contributed by atoms with Crippen molar-refractivity contribution in [3.05, 3.63) is 59.2 Å². The average Bonchev–Trinajstić information content (AvgIpc) is 2.71. The summed E-state index contributed by atoms with van der Waals surface area (Å²) < 4.78 is 5.19. The van der Waals surface area contributed by atoms with Crippen LogP contribution in [0.1, 0.15) is 82.8 Å². The molecule has 0 fully saturated rings. The van der Waals surface area contributed by atoms with Gasteiger partial charge in [-0.3, -0.25) is 9.97 Å². The van der Waals surface area contributed by atoms with Gasteiger partial charge in [0.25, 0.3) is 0 Å². The molecule has 0 aromatic carbocycles. The van der Waals surface area contributed by atoms with E-state index < -0.39 is 11.6 Å². The summed E-state index contributed by atoms with van der Waals surface area (Å²) in [5, 5.41) is 8.50. The van der Waals surface area contributed by atoms with Gasteiger partial charge >= 0.3 is 11.9 Å². The van der Waals surface area contributed by atoms with Gasteiger partial charge in [-0.05, 0) is 56.9 Å². The third-order valence-corrected chi connectivity index (χ3v) is 4.41. The second-order valence-electron chi connectivity index (χ2n) is 9.25. The van der Waals surface area contributed by atoms with Crippen molar-refractivity contribution < 1.29 is 19.4 Å². The van der Waals surface area contributed by atoms with E-state index in [0.717, 1.165) is 23.0 Å². The Bertz CT molecular complexity index is 1050. The Morgan fingerprint density at radius 2 is 1.29 bits per heavy atom. The highest BCUT2D eigenvalue weighted by Crippen LogP contribution is 2.24. The topological polar surface area (TPSA) is 141 Å². The first-order valence-electron chi connectivity index (χ1n) is 11.0. The van der Waals surface area contributed by atoms with Gasteiger partial charge < -0.3 is 21.3 Å². The molecule has 8 heteroatoms. The fourth-order valence-electron chi connectivity index (χ4n) is 2.88. The number of carboxylic acid groups (broad SMARTS) is 1. The number of carbonyl (C=O) groups is 2. The van der Waals surface area contributed by atoms with Gasteiger partial charge in [-0.15, -0.1) is 0 Å².